The average Bonchev–Trinajstić information content (AvgIpc) is 3.16. The number of halogens is 1. The number of nitrogens with zero attached hydrogens (tertiary/aromatic N) is 4. The maximum atomic E-state index is 13.4. The van der Waals surface area contributed by atoms with Crippen LogP contribution in [0.5, 0.6) is 5.75 Å². The summed E-state index contributed by atoms with van der Waals surface area (Å²) in [4.78, 5) is 8.87. The van der Waals surface area contributed by atoms with Crippen LogP contribution in [-0.4, -0.2) is 26.9 Å². The molecule has 6 nitrogen and oxygen atoms in total. The maximum absolute atomic E-state index is 13.4. The summed E-state index contributed by atoms with van der Waals surface area (Å²) >= 11 is 0. The molecule has 0 amide bonds. The highest BCUT2D eigenvalue weighted by Crippen LogP contribution is 2.34. The Balaban J connectivity index is 1.52. The quantitative estimate of drug-likeness (QED) is 0.442. The molecular weight excluding hydrogens is 393 g/mol. The molecule has 2 heterocycles. The summed E-state index contributed by atoms with van der Waals surface area (Å²) in [5.74, 6) is 1.07. The number of hydrogen-bond donors (Lipinski definition) is 1. The first-order valence-corrected chi connectivity index (χ1v) is 9.85. The van der Waals surface area contributed by atoms with E-state index < -0.39 is 0 Å². The topological polar surface area (TPSA) is 64.9 Å². The standard InChI is InChI=1S/C24H20FN5O/c1-30-13-17-4-3-15(9-21(17)29-30)12-26-24-20-10-18(16-5-7-19(25)8-6-16)11-22(31-2)23(20)27-14-28-24/h3-11,13-14H,12H2,1-2H3,(H,26,27,28). The number of ether oxygens (including phenoxy) is 1. The summed E-state index contributed by atoms with van der Waals surface area (Å²) < 4.78 is 20.8. The van der Waals surface area contributed by atoms with Gasteiger partial charge in [0, 0.05) is 30.6 Å². The molecule has 0 fully saturated rings. The van der Waals surface area contributed by atoms with Crippen LogP contribution in [0.25, 0.3) is 32.9 Å². The van der Waals surface area contributed by atoms with Gasteiger partial charge in [-0.25, -0.2) is 14.4 Å². The van der Waals surface area contributed by atoms with Crippen molar-refractivity contribution < 1.29 is 9.13 Å². The maximum Gasteiger partial charge on any atom is 0.145 e. The van der Waals surface area contributed by atoms with E-state index in [9.17, 15) is 4.39 Å². The molecule has 0 unspecified atom stereocenters. The zero-order chi connectivity index (χ0) is 21.4. The lowest BCUT2D eigenvalue weighted by atomic mass is 10.0. The van der Waals surface area contributed by atoms with Crippen LogP contribution in [0.15, 0.2) is 67.1 Å². The summed E-state index contributed by atoms with van der Waals surface area (Å²) in [5.41, 5.74) is 4.55. The monoisotopic (exact) mass is 413 g/mol. The van der Waals surface area contributed by atoms with E-state index in [0.29, 0.717) is 23.6 Å². The number of aromatic nitrogens is 4. The molecule has 0 bridgehead atoms. The van der Waals surface area contributed by atoms with Crippen molar-refractivity contribution in [1.29, 1.82) is 0 Å². The van der Waals surface area contributed by atoms with Crippen LogP contribution < -0.4 is 10.1 Å². The second-order valence-electron chi connectivity index (χ2n) is 7.35. The normalized spacial score (nSPS) is 11.2. The molecule has 5 aromatic rings. The third kappa shape index (κ3) is 3.66. The van der Waals surface area contributed by atoms with Crippen molar-refractivity contribution in [2.24, 2.45) is 7.05 Å². The van der Waals surface area contributed by atoms with Gasteiger partial charge >= 0.3 is 0 Å². The van der Waals surface area contributed by atoms with Crippen LogP contribution >= 0.6 is 0 Å². The van der Waals surface area contributed by atoms with E-state index in [2.05, 4.69) is 38.6 Å². The van der Waals surface area contributed by atoms with Crippen LogP contribution in [-0.2, 0) is 13.6 Å². The van der Waals surface area contributed by atoms with Crippen molar-refractivity contribution in [2.75, 3.05) is 12.4 Å². The van der Waals surface area contributed by atoms with Gasteiger partial charge in [-0.15, -0.1) is 0 Å². The summed E-state index contributed by atoms with van der Waals surface area (Å²) in [6, 6.07) is 16.5. The number of rotatable bonds is 5. The number of hydrogen-bond acceptors (Lipinski definition) is 5. The number of methoxy groups -OCH3 is 1. The summed E-state index contributed by atoms with van der Waals surface area (Å²) in [5, 5.41) is 9.82. The summed E-state index contributed by atoms with van der Waals surface area (Å²) in [6.07, 6.45) is 3.51. The largest absolute Gasteiger partial charge is 0.494 e. The van der Waals surface area contributed by atoms with E-state index in [1.54, 1.807) is 19.2 Å². The molecule has 0 aliphatic rings. The Bertz CT molecular complexity index is 1400. The van der Waals surface area contributed by atoms with Gasteiger partial charge in [0.15, 0.2) is 0 Å². The van der Waals surface area contributed by atoms with Gasteiger partial charge in [0.25, 0.3) is 0 Å². The van der Waals surface area contributed by atoms with Gasteiger partial charge in [0.2, 0.25) is 0 Å². The third-order valence-electron chi connectivity index (χ3n) is 5.25. The van der Waals surface area contributed by atoms with Gasteiger partial charge in [0.1, 0.15) is 29.2 Å². The van der Waals surface area contributed by atoms with Crippen LogP contribution in [0.1, 0.15) is 5.56 Å². The molecule has 0 spiro atoms. The van der Waals surface area contributed by atoms with Gasteiger partial charge in [0.05, 0.1) is 12.6 Å². The Morgan fingerprint density at radius 3 is 2.65 bits per heavy atom. The average molecular weight is 413 g/mol. The second-order valence-corrected chi connectivity index (χ2v) is 7.35. The Morgan fingerprint density at radius 2 is 1.84 bits per heavy atom. The summed E-state index contributed by atoms with van der Waals surface area (Å²) in [6.45, 7) is 0.585. The van der Waals surface area contributed by atoms with E-state index in [-0.39, 0.29) is 5.82 Å². The lowest BCUT2D eigenvalue weighted by Gasteiger charge is -2.13. The molecule has 0 saturated carbocycles. The lowest BCUT2D eigenvalue weighted by Crippen LogP contribution is -2.03. The molecule has 0 aliphatic heterocycles. The van der Waals surface area contributed by atoms with Gasteiger partial charge in [-0.3, -0.25) is 4.68 Å². The first kappa shape index (κ1) is 19.0. The van der Waals surface area contributed by atoms with E-state index in [1.807, 2.05) is 30.1 Å². The van der Waals surface area contributed by atoms with Crippen LogP contribution in [0.3, 0.4) is 0 Å². The lowest BCUT2D eigenvalue weighted by molar-refractivity contribution is 0.419. The van der Waals surface area contributed by atoms with Crippen molar-refractivity contribution in [3.8, 4) is 16.9 Å². The zero-order valence-electron chi connectivity index (χ0n) is 17.1. The van der Waals surface area contributed by atoms with Crippen LogP contribution in [0, 0.1) is 5.82 Å². The van der Waals surface area contributed by atoms with Crippen molar-refractivity contribution in [2.45, 2.75) is 6.54 Å². The zero-order valence-corrected chi connectivity index (χ0v) is 17.1. The van der Waals surface area contributed by atoms with Gasteiger partial charge in [-0.05, 0) is 47.0 Å². The predicted molar refractivity (Wildman–Crippen MR) is 120 cm³/mol. The molecule has 0 saturated heterocycles. The van der Waals surface area contributed by atoms with Crippen LogP contribution in [0.2, 0.25) is 0 Å². The molecule has 2 aromatic heterocycles. The Labute approximate surface area is 178 Å². The fourth-order valence-electron chi connectivity index (χ4n) is 3.72. The molecule has 154 valence electrons. The number of nitrogens with one attached hydrogen (secondary N) is 1. The van der Waals surface area contributed by atoms with Crippen molar-refractivity contribution in [3.63, 3.8) is 0 Å². The second kappa shape index (κ2) is 7.68. The molecule has 5 rings (SSSR count). The van der Waals surface area contributed by atoms with E-state index in [0.717, 1.165) is 33.0 Å². The fourth-order valence-corrected chi connectivity index (χ4v) is 3.72. The summed E-state index contributed by atoms with van der Waals surface area (Å²) in [7, 11) is 3.53. The molecule has 1 N–H and O–H groups in total. The highest BCUT2D eigenvalue weighted by molar-refractivity contribution is 5.96. The molecule has 7 heteroatoms. The van der Waals surface area contributed by atoms with Crippen LogP contribution in [0.4, 0.5) is 10.2 Å². The molecular formula is C24H20FN5O. The molecule has 0 atom stereocenters. The van der Waals surface area contributed by atoms with Gasteiger partial charge in [-0.2, -0.15) is 5.10 Å². The van der Waals surface area contributed by atoms with E-state index in [1.165, 1.54) is 18.5 Å². The first-order chi connectivity index (χ1) is 15.1. The third-order valence-corrected chi connectivity index (χ3v) is 5.25. The number of aryl methyl sites for hydroxylation is 1. The smallest absolute Gasteiger partial charge is 0.145 e. The number of anilines is 1. The molecule has 0 aliphatic carbocycles. The Hall–Kier alpha value is -4.00. The van der Waals surface area contributed by atoms with Gasteiger partial charge in [-0.1, -0.05) is 24.3 Å². The minimum Gasteiger partial charge on any atom is -0.494 e. The predicted octanol–water partition coefficient (Wildman–Crippen LogP) is 4.94. The van der Waals surface area contributed by atoms with Crippen molar-refractivity contribution in [3.05, 3.63) is 78.5 Å². The van der Waals surface area contributed by atoms with Crippen molar-refractivity contribution in [1.82, 2.24) is 19.7 Å². The minimum atomic E-state index is -0.271. The molecule has 0 radical (unpaired) electrons. The SMILES string of the molecule is COc1cc(-c2ccc(F)cc2)cc2c(NCc3ccc4cn(C)nc4c3)ncnc12. The minimum absolute atomic E-state index is 0.271. The van der Waals surface area contributed by atoms with Gasteiger partial charge < -0.3 is 10.1 Å². The first-order valence-electron chi connectivity index (χ1n) is 9.85. The highest BCUT2D eigenvalue weighted by Gasteiger charge is 2.12. The molecule has 31 heavy (non-hydrogen) atoms. The fraction of sp³-hybridized carbons (Fsp3) is 0.125. The Kier molecular flexibility index (Phi) is 4.71. The van der Waals surface area contributed by atoms with E-state index >= 15 is 0 Å². The molecule has 3 aromatic carbocycles. The Morgan fingerprint density at radius 1 is 1.00 bits per heavy atom. The van der Waals surface area contributed by atoms with Crippen molar-refractivity contribution >= 4 is 27.6 Å². The highest BCUT2D eigenvalue weighted by atomic mass is 19.1. The number of fused-ring (bicyclic) bond motifs is 2. The van der Waals surface area contributed by atoms with E-state index in [4.69, 9.17) is 4.74 Å². The number of benzene rings is 3.